The molecule has 0 fully saturated rings. The summed E-state index contributed by atoms with van der Waals surface area (Å²) in [6, 6.07) is 9.98. The van der Waals surface area contributed by atoms with Crippen molar-refractivity contribution in [1.82, 2.24) is 0 Å². The molecule has 0 aromatic heterocycles. The normalized spacial score (nSPS) is 13.3. The summed E-state index contributed by atoms with van der Waals surface area (Å²) in [4.78, 5) is 13.2. The molecule has 0 spiro atoms. The van der Waals surface area contributed by atoms with Crippen LogP contribution in [0.1, 0.15) is 21.5 Å². The minimum Gasteiger partial charge on any atom is -0.478 e. The number of fused-ring (bicyclic) bond motifs is 1. The fourth-order valence-corrected chi connectivity index (χ4v) is 3.18. The summed E-state index contributed by atoms with van der Waals surface area (Å²) in [5.74, 6) is -1.21. The van der Waals surface area contributed by atoms with Crippen LogP contribution in [0, 0.1) is 5.82 Å². The predicted molar refractivity (Wildman–Crippen MR) is 82.3 cm³/mol. The number of carboxylic acids is 1. The van der Waals surface area contributed by atoms with Gasteiger partial charge in [-0.3, -0.25) is 0 Å². The highest BCUT2D eigenvalue weighted by molar-refractivity contribution is 9.10. The second-order valence-corrected chi connectivity index (χ2v) is 6.01. The number of hydrogen-bond acceptors (Lipinski definition) is 2. The number of aromatic carboxylic acids is 1. The Morgan fingerprint density at radius 1 is 1.29 bits per heavy atom. The number of rotatable bonds is 3. The van der Waals surface area contributed by atoms with Crippen molar-refractivity contribution in [1.29, 1.82) is 0 Å². The Morgan fingerprint density at radius 2 is 2.10 bits per heavy atom. The van der Waals surface area contributed by atoms with Crippen LogP contribution in [0.25, 0.3) is 0 Å². The standard InChI is InChI=1S/C16H13BrFNO2/c17-13-5-10(6-14(18)8-13)9-19-4-3-11-1-2-12(16(20)21)7-15(11)19/h1-2,5-8H,3-4,9H2,(H,20,21). The number of hydrogen-bond donors (Lipinski definition) is 1. The van der Waals surface area contributed by atoms with Crippen LogP contribution in [0.3, 0.4) is 0 Å². The Hall–Kier alpha value is -1.88. The van der Waals surface area contributed by atoms with Gasteiger partial charge in [-0.15, -0.1) is 0 Å². The SMILES string of the molecule is O=C(O)c1ccc2c(c1)N(Cc1cc(F)cc(Br)c1)CC2. The van der Waals surface area contributed by atoms with E-state index in [-0.39, 0.29) is 11.4 Å². The zero-order chi connectivity index (χ0) is 15.0. The molecule has 0 amide bonds. The molecule has 0 saturated heterocycles. The van der Waals surface area contributed by atoms with E-state index in [9.17, 15) is 9.18 Å². The summed E-state index contributed by atoms with van der Waals surface area (Å²) in [7, 11) is 0. The van der Waals surface area contributed by atoms with E-state index in [0.29, 0.717) is 11.0 Å². The lowest BCUT2D eigenvalue weighted by Crippen LogP contribution is -2.20. The molecule has 1 aliphatic heterocycles. The van der Waals surface area contributed by atoms with Crippen LogP contribution in [0.2, 0.25) is 0 Å². The molecule has 5 heteroatoms. The molecule has 108 valence electrons. The van der Waals surface area contributed by atoms with Crippen molar-refractivity contribution >= 4 is 27.6 Å². The first-order valence-corrected chi connectivity index (χ1v) is 7.38. The third kappa shape index (κ3) is 2.93. The highest BCUT2D eigenvalue weighted by Crippen LogP contribution is 2.31. The summed E-state index contributed by atoms with van der Waals surface area (Å²) in [6.45, 7) is 1.37. The van der Waals surface area contributed by atoms with Crippen LogP contribution in [0.5, 0.6) is 0 Å². The van der Waals surface area contributed by atoms with Gasteiger partial charge in [-0.1, -0.05) is 22.0 Å². The average molecular weight is 350 g/mol. The molecule has 2 aromatic rings. The molecule has 3 rings (SSSR count). The van der Waals surface area contributed by atoms with Crippen molar-refractivity contribution in [2.45, 2.75) is 13.0 Å². The lowest BCUT2D eigenvalue weighted by Gasteiger charge is -2.20. The quantitative estimate of drug-likeness (QED) is 0.914. The molecular weight excluding hydrogens is 337 g/mol. The van der Waals surface area contributed by atoms with Crippen molar-refractivity contribution in [3.63, 3.8) is 0 Å². The van der Waals surface area contributed by atoms with E-state index >= 15 is 0 Å². The first kappa shape index (κ1) is 14.1. The monoisotopic (exact) mass is 349 g/mol. The number of carboxylic acid groups (broad SMARTS) is 1. The molecule has 1 aliphatic rings. The van der Waals surface area contributed by atoms with Crippen LogP contribution in [0.15, 0.2) is 40.9 Å². The fraction of sp³-hybridized carbons (Fsp3) is 0.188. The number of nitrogens with zero attached hydrogens (tertiary/aromatic N) is 1. The van der Waals surface area contributed by atoms with Crippen LogP contribution in [-0.4, -0.2) is 17.6 Å². The zero-order valence-electron chi connectivity index (χ0n) is 11.1. The fourth-order valence-electron chi connectivity index (χ4n) is 2.67. The highest BCUT2D eigenvalue weighted by atomic mass is 79.9. The van der Waals surface area contributed by atoms with Gasteiger partial charge >= 0.3 is 5.97 Å². The van der Waals surface area contributed by atoms with Crippen LogP contribution < -0.4 is 4.90 Å². The molecule has 0 atom stereocenters. The maximum absolute atomic E-state index is 13.4. The first-order valence-electron chi connectivity index (χ1n) is 6.59. The second-order valence-electron chi connectivity index (χ2n) is 5.10. The molecule has 0 saturated carbocycles. The van der Waals surface area contributed by atoms with E-state index in [1.165, 1.54) is 12.1 Å². The molecule has 0 aliphatic carbocycles. The van der Waals surface area contributed by atoms with E-state index in [2.05, 4.69) is 20.8 Å². The van der Waals surface area contributed by atoms with Crippen molar-refractivity contribution < 1.29 is 14.3 Å². The van der Waals surface area contributed by atoms with Gasteiger partial charge in [0, 0.05) is 23.2 Å². The average Bonchev–Trinajstić information content (AvgIpc) is 2.80. The molecule has 3 nitrogen and oxygen atoms in total. The molecule has 0 bridgehead atoms. The lowest BCUT2D eigenvalue weighted by molar-refractivity contribution is 0.0697. The summed E-state index contributed by atoms with van der Waals surface area (Å²) >= 11 is 3.29. The van der Waals surface area contributed by atoms with E-state index < -0.39 is 5.97 Å². The molecule has 0 unspecified atom stereocenters. The summed E-state index contributed by atoms with van der Waals surface area (Å²) in [6.07, 6.45) is 0.881. The number of halogens is 2. The third-order valence-electron chi connectivity index (χ3n) is 3.62. The molecule has 1 heterocycles. The Kier molecular flexibility index (Phi) is 3.68. The Labute approximate surface area is 130 Å². The van der Waals surface area contributed by atoms with Crippen molar-refractivity contribution in [3.8, 4) is 0 Å². The molecule has 2 aromatic carbocycles. The van der Waals surface area contributed by atoms with Crippen molar-refractivity contribution in [2.75, 3.05) is 11.4 Å². The van der Waals surface area contributed by atoms with E-state index in [0.717, 1.165) is 29.8 Å². The minimum atomic E-state index is -0.932. The molecule has 0 radical (unpaired) electrons. The Morgan fingerprint density at radius 3 is 2.81 bits per heavy atom. The number of benzene rings is 2. The van der Waals surface area contributed by atoms with Crippen molar-refractivity contribution in [2.24, 2.45) is 0 Å². The first-order chi connectivity index (χ1) is 10.0. The summed E-state index contributed by atoms with van der Waals surface area (Å²) in [5, 5.41) is 9.09. The van der Waals surface area contributed by atoms with Gasteiger partial charge in [0.25, 0.3) is 0 Å². The van der Waals surface area contributed by atoms with Crippen LogP contribution in [0.4, 0.5) is 10.1 Å². The molecular formula is C16H13BrFNO2. The summed E-state index contributed by atoms with van der Waals surface area (Å²) in [5.41, 5.74) is 3.20. The van der Waals surface area contributed by atoms with Gasteiger partial charge in [-0.2, -0.15) is 0 Å². The smallest absolute Gasteiger partial charge is 0.335 e. The highest BCUT2D eigenvalue weighted by Gasteiger charge is 2.21. The van der Waals surface area contributed by atoms with Gasteiger partial charge < -0.3 is 10.0 Å². The van der Waals surface area contributed by atoms with Gasteiger partial charge in [-0.25, -0.2) is 9.18 Å². The summed E-state index contributed by atoms with van der Waals surface area (Å²) < 4.78 is 14.1. The lowest BCUT2D eigenvalue weighted by atomic mass is 10.1. The molecule has 1 N–H and O–H groups in total. The zero-order valence-corrected chi connectivity index (χ0v) is 12.7. The topological polar surface area (TPSA) is 40.5 Å². The Bertz CT molecular complexity index is 697. The minimum absolute atomic E-state index is 0.279. The van der Waals surface area contributed by atoms with E-state index in [1.54, 1.807) is 12.1 Å². The predicted octanol–water partition coefficient (Wildman–Crippen LogP) is 3.85. The number of carbonyl (C=O) groups is 1. The van der Waals surface area contributed by atoms with E-state index in [4.69, 9.17) is 5.11 Å². The van der Waals surface area contributed by atoms with Gasteiger partial charge in [0.05, 0.1) is 5.56 Å². The van der Waals surface area contributed by atoms with Crippen molar-refractivity contribution in [3.05, 3.63) is 63.4 Å². The number of anilines is 1. The van der Waals surface area contributed by atoms with E-state index in [1.807, 2.05) is 12.1 Å². The van der Waals surface area contributed by atoms with Crippen LogP contribution >= 0.6 is 15.9 Å². The van der Waals surface area contributed by atoms with Gasteiger partial charge in [0.15, 0.2) is 0 Å². The maximum atomic E-state index is 13.4. The second kappa shape index (κ2) is 5.48. The van der Waals surface area contributed by atoms with Gasteiger partial charge in [0.1, 0.15) is 5.82 Å². The van der Waals surface area contributed by atoms with Gasteiger partial charge in [0.2, 0.25) is 0 Å². The van der Waals surface area contributed by atoms with Crippen LogP contribution in [-0.2, 0) is 13.0 Å². The molecule has 21 heavy (non-hydrogen) atoms. The van der Waals surface area contributed by atoms with Gasteiger partial charge in [-0.05, 0) is 47.9 Å². The largest absolute Gasteiger partial charge is 0.478 e. The Balaban J connectivity index is 1.89. The third-order valence-corrected chi connectivity index (χ3v) is 4.08. The maximum Gasteiger partial charge on any atom is 0.335 e.